The van der Waals surface area contributed by atoms with Gasteiger partial charge in [-0.15, -0.1) is 0 Å². The molecule has 1 heterocycles. The molecule has 0 aliphatic carbocycles. The minimum Gasteiger partial charge on any atom is -0.390 e. The third-order valence-electron chi connectivity index (χ3n) is 4.55. The second kappa shape index (κ2) is 9.73. The number of para-hydroxylation sites is 1. The summed E-state index contributed by atoms with van der Waals surface area (Å²) in [4.78, 5) is 0. The van der Waals surface area contributed by atoms with E-state index in [1.54, 1.807) is 0 Å². The summed E-state index contributed by atoms with van der Waals surface area (Å²) in [6.45, 7) is 8.11. The maximum Gasteiger partial charge on any atom is 0.0645 e. The first-order valence-electron chi connectivity index (χ1n) is 9.46. The van der Waals surface area contributed by atoms with Crippen LogP contribution in [0.1, 0.15) is 52.0 Å². The molecule has 0 bridgehead atoms. The van der Waals surface area contributed by atoms with Crippen LogP contribution in [-0.4, -0.2) is 33.6 Å². The van der Waals surface area contributed by atoms with Crippen molar-refractivity contribution >= 4 is 0 Å². The monoisotopic (exact) mass is 343 g/mol. The molecule has 0 fully saturated rings. The molecular formula is C21H33N3O. The van der Waals surface area contributed by atoms with Gasteiger partial charge >= 0.3 is 0 Å². The predicted octanol–water partition coefficient (Wildman–Crippen LogP) is 3.97. The maximum atomic E-state index is 9.74. The number of rotatable bonds is 11. The third-order valence-corrected chi connectivity index (χ3v) is 4.55. The molecule has 2 N–H and O–H groups in total. The van der Waals surface area contributed by atoms with Crippen molar-refractivity contribution in [3.63, 3.8) is 0 Å². The lowest BCUT2D eigenvalue weighted by Gasteiger charge is -2.18. The molecule has 1 aromatic heterocycles. The highest BCUT2D eigenvalue weighted by atomic mass is 16.3. The number of nitrogens with one attached hydrogen (secondary N) is 1. The van der Waals surface area contributed by atoms with E-state index in [-0.39, 0.29) is 0 Å². The van der Waals surface area contributed by atoms with E-state index in [2.05, 4.69) is 35.7 Å². The van der Waals surface area contributed by atoms with Crippen LogP contribution in [0.5, 0.6) is 0 Å². The number of hydrogen-bond donors (Lipinski definition) is 2. The van der Waals surface area contributed by atoms with Gasteiger partial charge in [0.05, 0.1) is 17.5 Å². The largest absolute Gasteiger partial charge is 0.390 e. The van der Waals surface area contributed by atoms with Crippen molar-refractivity contribution in [1.29, 1.82) is 0 Å². The van der Waals surface area contributed by atoms with Crippen molar-refractivity contribution in [2.75, 3.05) is 13.1 Å². The Morgan fingerprint density at radius 3 is 2.64 bits per heavy atom. The molecular weight excluding hydrogens is 310 g/mol. The molecule has 4 heteroatoms. The highest BCUT2D eigenvalue weighted by molar-refractivity contribution is 5.30. The average Bonchev–Trinajstić information content (AvgIpc) is 3.03. The van der Waals surface area contributed by atoms with Crippen LogP contribution in [0.3, 0.4) is 0 Å². The molecule has 1 aromatic carbocycles. The minimum absolute atomic E-state index is 0.526. The van der Waals surface area contributed by atoms with Gasteiger partial charge in [0.25, 0.3) is 0 Å². The van der Waals surface area contributed by atoms with E-state index >= 15 is 0 Å². The summed E-state index contributed by atoms with van der Waals surface area (Å²) in [7, 11) is 0. The van der Waals surface area contributed by atoms with Crippen molar-refractivity contribution in [1.82, 2.24) is 15.1 Å². The second-order valence-electron chi connectivity index (χ2n) is 7.73. The summed E-state index contributed by atoms with van der Waals surface area (Å²) >= 11 is 0. The zero-order valence-corrected chi connectivity index (χ0v) is 15.9. The van der Waals surface area contributed by atoms with E-state index in [1.165, 1.54) is 18.4 Å². The fourth-order valence-electron chi connectivity index (χ4n) is 2.94. The molecule has 4 nitrogen and oxygen atoms in total. The highest BCUT2D eigenvalue weighted by Gasteiger charge is 2.12. The minimum atomic E-state index is -0.526. The Bertz CT molecular complexity index is 601. The number of aromatic nitrogens is 2. The molecule has 25 heavy (non-hydrogen) atoms. The molecule has 1 atom stereocenters. The molecule has 0 aliphatic heterocycles. The highest BCUT2D eigenvalue weighted by Crippen LogP contribution is 2.17. The van der Waals surface area contributed by atoms with Crippen molar-refractivity contribution in [2.24, 2.45) is 5.92 Å². The second-order valence-corrected chi connectivity index (χ2v) is 7.73. The lowest BCUT2D eigenvalue weighted by Crippen LogP contribution is -2.21. The van der Waals surface area contributed by atoms with E-state index in [0.29, 0.717) is 5.92 Å². The van der Waals surface area contributed by atoms with E-state index in [0.717, 1.165) is 38.0 Å². The molecule has 2 rings (SSSR count). The summed E-state index contributed by atoms with van der Waals surface area (Å²) in [6, 6.07) is 10.2. The molecule has 138 valence electrons. The van der Waals surface area contributed by atoms with Crippen molar-refractivity contribution in [2.45, 2.75) is 58.5 Å². The predicted molar refractivity (Wildman–Crippen MR) is 104 cm³/mol. The first kappa shape index (κ1) is 19.7. The molecule has 0 saturated heterocycles. The zero-order valence-electron chi connectivity index (χ0n) is 15.9. The average molecular weight is 344 g/mol. The Morgan fingerprint density at radius 1 is 1.16 bits per heavy atom. The molecule has 0 unspecified atom stereocenters. The normalized spacial score (nSPS) is 13.1. The van der Waals surface area contributed by atoms with Gasteiger partial charge in [0.15, 0.2) is 0 Å². The SMILES string of the molecule is C[C@@H](CCCC(C)(C)O)CCNCCc1cnn(-c2ccccc2)c1. The van der Waals surface area contributed by atoms with Crippen LogP contribution in [0.2, 0.25) is 0 Å². The smallest absolute Gasteiger partial charge is 0.0645 e. The van der Waals surface area contributed by atoms with Crippen LogP contribution in [0, 0.1) is 5.92 Å². The topological polar surface area (TPSA) is 50.1 Å². The molecule has 2 aromatic rings. The standard InChI is InChI=1S/C21H33N3O/c1-18(8-7-13-21(2,3)25)11-14-22-15-12-19-16-23-24(17-19)20-9-5-4-6-10-20/h4-6,9-10,16-18,22,25H,7-8,11-15H2,1-3H3/t18-/m0/s1. The lowest BCUT2D eigenvalue weighted by atomic mass is 9.95. The van der Waals surface area contributed by atoms with Crippen LogP contribution in [0.15, 0.2) is 42.7 Å². The fourth-order valence-corrected chi connectivity index (χ4v) is 2.94. The Kier molecular flexibility index (Phi) is 7.66. The van der Waals surface area contributed by atoms with Crippen molar-refractivity contribution in [3.8, 4) is 5.69 Å². The van der Waals surface area contributed by atoms with Gasteiger partial charge in [0, 0.05) is 6.20 Å². The molecule has 0 saturated carbocycles. The number of nitrogens with zero attached hydrogens (tertiary/aromatic N) is 2. The van der Waals surface area contributed by atoms with E-state index < -0.39 is 5.60 Å². The first-order chi connectivity index (χ1) is 11.9. The van der Waals surface area contributed by atoms with E-state index in [9.17, 15) is 5.11 Å². The maximum absolute atomic E-state index is 9.74. The van der Waals surface area contributed by atoms with Gasteiger partial charge in [-0.05, 0) is 69.8 Å². The lowest BCUT2D eigenvalue weighted by molar-refractivity contribution is 0.0669. The fraction of sp³-hybridized carbons (Fsp3) is 0.571. The summed E-state index contributed by atoms with van der Waals surface area (Å²) in [5, 5.41) is 17.7. The summed E-state index contributed by atoms with van der Waals surface area (Å²) in [5.41, 5.74) is 1.83. The van der Waals surface area contributed by atoms with Crippen LogP contribution < -0.4 is 5.32 Å². The van der Waals surface area contributed by atoms with Gasteiger partial charge in [-0.25, -0.2) is 4.68 Å². The summed E-state index contributed by atoms with van der Waals surface area (Å²) in [6.07, 6.45) is 9.42. The Labute approximate surface area is 152 Å². The van der Waals surface area contributed by atoms with E-state index in [4.69, 9.17) is 0 Å². The van der Waals surface area contributed by atoms with Crippen LogP contribution in [0.4, 0.5) is 0 Å². The summed E-state index contributed by atoms with van der Waals surface area (Å²) in [5.74, 6) is 0.704. The first-order valence-corrected chi connectivity index (χ1v) is 9.46. The van der Waals surface area contributed by atoms with Crippen LogP contribution in [-0.2, 0) is 6.42 Å². The Balaban J connectivity index is 1.58. The quantitative estimate of drug-likeness (QED) is 0.607. The van der Waals surface area contributed by atoms with Gasteiger partial charge < -0.3 is 10.4 Å². The number of aliphatic hydroxyl groups is 1. The van der Waals surface area contributed by atoms with Gasteiger partial charge in [0.2, 0.25) is 0 Å². The number of benzene rings is 1. The van der Waals surface area contributed by atoms with Gasteiger partial charge in [-0.3, -0.25) is 0 Å². The van der Waals surface area contributed by atoms with Gasteiger partial charge in [-0.2, -0.15) is 5.10 Å². The molecule has 0 aliphatic rings. The Hall–Kier alpha value is -1.65. The molecule has 0 spiro atoms. The van der Waals surface area contributed by atoms with Gasteiger partial charge in [0.1, 0.15) is 0 Å². The van der Waals surface area contributed by atoms with Gasteiger partial charge in [-0.1, -0.05) is 38.0 Å². The van der Waals surface area contributed by atoms with Crippen molar-refractivity contribution in [3.05, 3.63) is 48.3 Å². The Morgan fingerprint density at radius 2 is 1.92 bits per heavy atom. The molecule has 0 amide bonds. The zero-order chi connectivity index (χ0) is 18.1. The van der Waals surface area contributed by atoms with Crippen molar-refractivity contribution < 1.29 is 5.11 Å². The summed E-state index contributed by atoms with van der Waals surface area (Å²) < 4.78 is 1.93. The van der Waals surface area contributed by atoms with E-state index in [1.807, 2.05) is 42.9 Å². The third kappa shape index (κ3) is 7.84. The van der Waals surface area contributed by atoms with Crippen LogP contribution in [0.25, 0.3) is 5.69 Å². The number of hydrogen-bond acceptors (Lipinski definition) is 3. The molecule has 0 radical (unpaired) electrons. The van der Waals surface area contributed by atoms with Crippen LogP contribution >= 0.6 is 0 Å².